The highest BCUT2D eigenvalue weighted by Gasteiger charge is 2.39. The Labute approximate surface area is 147 Å². The van der Waals surface area contributed by atoms with Crippen LogP contribution in [0.4, 0.5) is 5.69 Å². The van der Waals surface area contributed by atoms with Crippen molar-refractivity contribution in [2.75, 3.05) is 7.05 Å². The summed E-state index contributed by atoms with van der Waals surface area (Å²) in [5.74, 6) is -0.279. The van der Waals surface area contributed by atoms with Crippen LogP contribution in [-0.2, 0) is 11.3 Å². The Kier molecular flexibility index (Phi) is 4.81. The molecule has 2 fully saturated rings. The maximum atomic E-state index is 12.6. The van der Waals surface area contributed by atoms with E-state index in [1.807, 2.05) is 6.92 Å². The van der Waals surface area contributed by atoms with Crippen LogP contribution >= 0.6 is 0 Å². The first-order valence-corrected chi connectivity index (χ1v) is 8.98. The average molecular weight is 349 g/mol. The molecule has 3 unspecified atom stereocenters. The first-order chi connectivity index (χ1) is 11.8. The lowest BCUT2D eigenvalue weighted by Crippen LogP contribution is -2.50. The van der Waals surface area contributed by atoms with Gasteiger partial charge in [-0.05, 0) is 46.6 Å². The van der Waals surface area contributed by atoms with E-state index in [1.54, 1.807) is 18.5 Å². The number of aromatic nitrogens is 2. The Morgan fingerprint density at radius 2 is 1.96 bits per heavy atom. The van der Waals surface area contributed by atoms with E-state index in [2.05, 4.69) is 22.4 Å². The predicted molar refractivity (Wildman–Crippen MR) is 93.3 cm³/mol. The Hall–Kier alpha value is -1.96. The highest BCUT2D eigenvalue weighted by molar-refractivity contribution is 5.78. The van der Waals surface area contributed by atoms with E-state index in [9.17, 15) is 14.9 Å². The minimum absolute atomic E-state index is 0.00385. The third-order valence-electron chi connectivity index (χ3n) is 5.86. The van der Waals surface area contributed by atoms with Gasteiger partial charge in [-0.25, -0.2) is 0 Å². The number of nitro groups is 1. The average Bonchev–Trinajstić information content (AvgIpc) is 2.91. The standard InChI is InChI=1S/C17H27N5O3/c1-10(9-21-12(3)16(22(24)25)11(2)19-21)17(23)18-13-7-14-5-6-15(8-13)20(14)4/h10,13-15H,5-9H2,1-4H3,(H,18,23). The van der Waals surface area contributed by atoms with Gasteiger partial charge in [0.05, 0.1) is 17.4 Å². The molecular formula is C17H27N5O3. The van der Waals surface area contributed by atoms with Crippen molar-refractivity contribution in [3.8, 4) is 0 Å². The lowest BCUT2D eigenvalue weighted by atomic mass is 9.97. The molecule has 2 bridgehead atoms. The number of aryl methyl sites for hydroxylation is 1. The van der Waals surface area contributed by atoms with Crippen molar-refractivity contribution in [2.45, 2.75) is 71.1 Å². The topological polar surface area (TPSA) is 93.3 Å². The van der Waals surface area contributed by atoms with Gasteiger partial charge in [-0.3, -0.25) is 19.6 Å². The smallest absolute Gasteiger partial charge is 0.312 e. The van der Waals surface area contributed by atoms with Crippen molar-refractivity contribution in [1.29, 1.82) is 0 Å². The van der Waals surface area contributed by atoms with Gasteiger partial charge >= 0.3 is 5.69 Å². The fourth-order valence-corrected chi connectivity index (χ4v) is 4.34. The van der Waals surface area contributed by atoms with Crippen molar-refractivity contribution in [1.82, 2.24) is 20.0 Å². The van der Waals surface area contributed by atoms with Crippen LogP contribution in [-0.4, -0.2) is 50.7 Å². The molecule has 1 amide bonds. The Morgan fingerprint density at radius 1 is 1.36 bits per heavy atom. The molecule has 1 aromatic heterocycles. The van der Waals surface area contributed by atoms with Crippen LogP contribution in [0.2, 0.25) is 0 Å². The summed E-state index contributed by atoms with van der Waals surface area (Å²) >= 11 is 0. The molecule has 0 saturated carbocycles. The maximum Gasteiger partial charge on any atom is 0.312 e. The molecule has 8 nitrogen and oxygen atoms in total. The summed E-state index contributed by atoms with van der Waals surface area (Å²) in [4.78, 5) is 25.7. The first-order valence-electron chi connectivity index (χ1n) is 8.98. The van der Waals surface area contributed by atoms with Crippen molar-refractivity contribution in [3.63, 3.8) is 0 Å². The van der Waals surface area contributed by atoms with Gasteiger partial charge in [0.25, 0.3) is 0 Å². The summed E-state index contributed by atoms with van der Waals surface area (Å²) in [6.45, 7) is 5.51. The molecule has 1 N–H and O–H groups in total. The molecule has 3 heterocycles. The summed E-state index contributed by atoms with van der Waals surface area (Å²) in [5.41, 5.74) is 0.931. The summed E-state index contributed by atoms with van der Waals surface area (Å²) in [7, 11) is 2.18. The van der Waals surface area contributed by atoms with Crippen molar-refractivity contribution >= 4 is 11.6 Å². The molecule has 2 saturated heterocycles. The number of nitrogens with zero attached hydrogens (tertiary/aromatic N) is 4. The van der Waals surface area contributed by atoms with Gasteiger partial charge in [0, 0.05) is 18.1 Å². The minimum atomic E-state index is -0.410. The van der Waals surface area contributed by atoms with Gasteiger partial charge < -0.3 is 10.2 Å². The predicted octanol–water partition coefficient (Wildman–Crippen LogP) is 1.79. The van der Waals surface area contributed by atoms with Crippen LogP contribution < -0.4 is 5.32 Å². The lowest BCUT2D eigenvalue weighted by molar-refractivity contribution is -0.386. The quantitative estimate of drug-likeness (QED) is 0.646. The monoisotopic (exact) mass is 349 g/mol. The second-order valence-corrected chi connectivity index (χ2v) is 7.59. The highest BCUT2D eigenvalue weighted by Crippen LogP contribution is 2.34. The van der Waals surface area contributed by atoms with E-state index in [4.69, 9.17) is 0 Å². The molecule has 0 aromatic carbocycles. The zero-order valence-electron chi connectivity index (χ0n) is 15.4. The molecule has 138 valence electrons. The first kappa shape index (κ1) is 17.8. The zero-order chi connectivity index (χ0) is 18.3. The normalized spacial score (nSPS) is 27.3. The van der Waals surface area contributed by atoms with Crippen molar-refractivity contribution in [2.24, 2.45) is 5.92 Å². The maximum absolute atomic E-state index is 12.6. The van der Waals surface area contributed by atoms with E-state index < -0.39 is 4.92 Å². The van der Waals surface area contributed by atoms with Crippen LogP contribution in [0.5, 0.6) is 0 Å². The van der Waals surface area contributed by atoms with Gasteiger partial charge in [0.15, 0.2) is 0 Å². The third kappa shape index (κ3) is 3.40. The number of fused-ring (bicyclic) bond motifs is 2. The van der Waals surface area contributed by atoms with E-state index in [-0.39, 0.29) is 23.6 Å². The number of piperidine rings is 1. The fraction of sp³-hybridized carbons (Fsp3) is 0.765. The van der Waals surface area contributed by atoms with Crippen molar-refractivity contribution in [3.05, 3.63) is 21.5 Å². The SMILES string of the molecule is Cc1nn(CC(C)C(=O)NC2CC3CCC(C2)N3C)c(C)c1[N+](=O)[O-]. The number of amides is 1. The van der Waals surface area contributed by atoms with Gasteiger partial charge in [0.2, 0.25) is 5.91 Å². The number of carbonyl (C=O) groups is 1. The molecule has 1 aromatic rings. The fourth-order valence-electron chi connectivity index (χ4n) is 4.34. The second-order valence-electron chi connectivity index (χ2n) is 7.59. The van der Waals surface area contributed by atoms with Crippen molar-refractivity contribution < 1.29 is 9.72 Å². The lowest BCUT2D eigenvalue weighted by Gasteiger charge is -2.37. The largest absolute Gasteiger partial charge is 0.353 e. The van der Waals surface area contributed by atoms with Crippen LogP contribution in [0.25, 0.3) is 0 Å². The molecule has 0 spiro atoms. The Balaban J connectivity index is 1.60. The van der Waals surface area contributed by atoms with Gasteiger partial charge in [-0.1, -0.05) is 6.92 Å². The van der Waals surface area contributed by atoms with Gasteiger partial charge in [0.1, 0.15) is 11.4 Å². The second kappa shape index (κ2) is 6.74. The summed E-state index contributed by atoms with van der Waals surface area (Å²) in [6.07, 6.45) is 4.46. The van der Waals surface area contributed by atoms with E-state index in [1.165, 1.54) is 12.8 Å². The Morgan fingerprint density at radius 3 is 2.48 bits per heavy atom. The summed E-state index contributed by atoms with van der Waals surface area (Å²) in [6, 6.07) is 1.40. The molecular weight excluding hydrogens is 322 g/mol. The molecule has 0 radical (unpaired) electrons. The van der Waals surface area contributed by atoms with Gasteiger partial charge in [-0.2, -0.15) is 5.10 Å². The van der Waals surface area contributed by atoms with Crippen LogP contribution in [0, 0.1) is 29.9 Å². The van der Waals surface area contributed by atoms with Crippen LogP contribution in [0.3, 0.4) is 0 Å². The number of nitrogens with one attached hydrogen (secondary N) is 1. The minimum Gasteiger partial charge on any atom is -0.353 e. The molecule has 25 heavy (non-hydrogen) atoms. The number of hydrogen-bond donors (Lipinski definition) is 1. The molecule has 2 aliphatic heterocycles. The molecule has 0 aliphatic carbocycles. The van der Waals surface area contributed by atoms with E-state index in [0.29, 0.717) is 30.0 Å². The summed E-state index contributed by atoms with van der Waals surface area (Å²) < 4.78 is 1.58. The highest BCUT2D eigenvalue weighted by atomic mass is 16.6. The number of rotatable bonds is 5. The Bertz CT molecular complexity index is 672. The van der Waals surface area contributed by atoms with Gasteiger partial charge in [-0.15, -0.1) is 0 Å². The summed E-state index contributed by atoms with van der Waals surface area (Å²) in [5, 5.41) is 18.5. The van der Waals surface area contributed by atoms with E-state index in [0.717, 1.165) is 12.8 Å². The van der Waals surface area contributed by atoms with Crippen LogP contribution in [0.15, 0.2) is 0 Å². The molecule has 8 heteroatoms. The number of hydrogen-bond acceptors (Lipinski definition) is 5. The molecule has 2 aliphatic rings. The van der Waals surface area contributed by atoms with E-state index >= 15 is 0 Å². The number of carbonyl (C=O) groups excluding carboxylic acids is 1. The van der Waals surface area contributed by atoms with Crippen LogP contribution in [0.1, 0.15) is 44.0 Å². The zero-order valence-corrected chi connectivity index (χ0v) is 15.4. The molecule has 3 rings (SSSR count). The third-order valence-corrected chi connectivity index (χ3v) is 5.86. The molecule has 3 atom stereocenters.